The Kier molecular flexibility index (Phi) is 3.94. The Hall–Kier alpha value is -3.06. The first kappa shape index (κ1) is 16.1. The maximum absolute atomic E-state index is 4.99. The zero-order valence-corrected chi connectivity index (χ0v) is 15.2. The van der Waals surface area contributed by atoms with Crippen LogP contribution in [0.5, 0.6) is 0 Å². The SMILES string of the molecule is CC1N=C(c2ccccn2)c2ccccc2-n2c1nnc2N1CCNCC1. The Morgan fingerprint density at radius 3 is 2.63 bits per heavy atom. The van der Waals surface area contributed by atoms with Crippen LogP contribution in [0.1, 0.15) is 30.0 Å². The van der Waals surface area contributed by atoms with Crippen molar-refractivity contribution in [3.63, 3.8) is 0 Å². The average Bonchev–Trinajstić information content (AvgIpc) is 3.13. The number of nitrogens with zero attached hydrogens (tertiary/aromatic N) is 6. The van der Waals surface area contributed by atoms with Crippen molar-refractivity contribution in [1.82, 2.24) is 25.1 Å². The number of piperazine rings is 1. The van der Waals surface area contributed by atoms with Crippen LogP contribution in [-0.4, -0.2) is 51.6 Å². The van der Waals surface area contributed by atoms with Gasteiger partial charge in [0.25, 0.3) is 0 Å². The van der Waals surface area contributed by atoms with E-state index in [0.717, 1.165) is 60.6 Å². The maximum Gasteiger partial charge on any atom is 0.232 e. The van der Waals surface area contributed by atoms with Gasteiger partial charge in [-0.05, 0) is 25.1 Å². The Bertz CT molecular complexity index is 987. The van der Waals surface area contributed by atoms with Crippen LogP contribution in [0.3, 0.4) is 0 Å². The molecule has 1 fully saturated rings. The van der Waals surface area contributed by atoms with Gasteiger partial charge in [-0.1, -0.05) is 24.3 Å². The molecule has 7 heteroatoms. The molecule has 0 saturated carbocycles. The number of nitrogens with one attached hydrogen (secondary N) is 1. The van der Waals surface area contributed by atoms with Crippen LogP contribution in [0.4, 0.5) is 5.95 Å². The third-order valence-electron chi connectivity index (χ3n) is 5.07. The van der Waals surface area contributed by atoms with Gasteiger partial charge >= 0.3 is 0 Å². The van der Waals surface area contributed by atoms with Crippen molar-refractivity contribution in [3.8, 4) is 5.69 Å². The molecule has 2 aromatic heterocycles. The number of rotatable bonds is 2. The summed E-state index contributed by atoms with van der Waals surface area (Å²) in [6.45, 7) is 5.81. The minimum absolute atomic E-state index is 0.112. The molecule has 1 unspecified atom stereocenters. The summed E-state index contributed by atoms with van der Waals surface area (Å²) in [5.41, 5.74) is 3.88. The smallest absolute Gasteiger partial charge is 0.232 e. The first-order chi connectivity index (χ1) is 13.3. The van der Waals surface area contributed by atoms with Crippen LogP contribution < -0.4 is 10.2 Å². The van der Waals surface area contributed by atoms with E-state index >= 15 is 0 Å². The van der Waals surface area contributed by atoms with Crippen molar-refractivity contribution in [2.24, 2.45) is 4.99 Å². The van der Waals surface area contributed by atoms with Crippen LogP contribution in [0, 0.1) is 0 Å². The molecule has 0 spiro atoms. The largest absolute Gasteiger partial charge is 0.338 e. The molecule has 0 amide bonds. The van der Waals surface area contributed by atoms with Crippen molar-refractivity contribution in [1.29, 1.82) is 0 Å². The highest BCUT2D eigenvalue weighted by Crippen LogP contribution is 2.32. The number of hydrogen-bond acceptors (Lipinski definition) is 6. The van der Waals surface area contributed by atoms with E-state index in [2.05, 4.69) is 55.1 Å². The Labute approximate surface area is 157 Å². The number of anilines is 1. The van der Waals surface area contributed by atoms with Gasteiger partial charge in [-0.25, -0.2) is 0 Å². The molecular formula is C20H21N7. The van der Waals surface area contributed by atoms with E-state index in [4.69, 9.17) is 4.99 Å². The van der Waals surface area contributed by atoms with Gasteiger partial charge in [-0.15, -0.1) is 10.2 Å². The van der Waals surface area contributed by atoms with E-state index in [1.807, 2.05) is 30.5 Å². The zero-order valence-electron chi connectivity index (χ0n) is 15.2. The Morgan fingerprint density at radius 2 is 1.81 bits per heavy atom. The van der Waals surface area contributed by atoms with Gasteiger partial charge in [-0.2, -0.15) is 0 Å². The molecule has 0 aliphatic carbocycles. The van der Waals surface area contributed by atoms with Crippen molar-refractivity contribution in [3.05, 3.63) is 65.7 Å². The third-order valence-corrected chi connectivity index (χ3v) is 5.07. The van der Waals surface area contributed by atoms with Crippen LogP contribution in [-0.2, 0) is 0 Å². The lowest BCUT2D eigenvalue weighted by atomic mass is 10.0. The summed E-state index contributed by atoms with van der Waals surface area (Å²) in [6.07, 6.45) is 1.81. The lowest BCUT2D eigenvalue weighted by Crippen LogP contribution is -2.44. The summed E-state index contributed by atoms with van der Waals surface area (Å²) >= 11 is 0. The monoisotopic (exact) mass is 359 g/mol. The topological polar surface area (TPSA) is 71.2 Å². The van der Waals surface area contributed by atoms with E-state index in [9.17, 15) is 0 Å². The predicted molar refractivity (Wildman–Crippen MR) is 105 cm³/mol. The summed E-state index contributed by atoms with van der Waals surface area (Å²) in [6, 6.07) is 14.1. The molecule has 1 atom stereocenters. The molecule has 2 aliphatic heterocycles. The van der Waals surface area contributed by atoms with E-state index in [-0.39, 0.29) is 6.04 Å². The second-order valence-electron chi connectivity index (χ2n) is 6.82. The van der Waals surface area contributed by atoms with Crippen LogP contribution in [0.25, 0.3) is 5.69 Å². The predicted octanol–water partition coefficient (Wildman–Crippen LogP) is 1.98. The summed E-state index contributed by atoms with van der Waals surface area (Å²) in [5.74, 6) is 1.75. The second-order valence-corrected chi connectivity index (χ2v) is 6.82. The standard InChI is InChI=1S/C20H21N7/c1-14-19-24-25-20(26-12-10-21-11-13-26)27(19)17-8-3-2-6-15(17)18(23-14)16-7-4-5-9-22-16/h2-9,14,21H,10-13H2,1H3. The van der Waals surface area contributed by atoms with Gasteiger partial charge in [0.05, 0.1) is 17.1 Å². The van der Waals surface area contributed by atoms with Crippen molar-refractivity contribution in [2.45, 2.75) is 13.0 Å². The third kappa shape index (κ3) is 2.71. The Balaban J connectivity index is 1.71. The molecule has 0 bridgehead atoms. The molecular weight excluding hydrogens is 338 g/mol. The van der Waals surface area contributed by atoms with Gasteiger partial charge in [0.1, 0.15) is 6.04 Å². The Morgan fingerprint density at radius 1 is 1.00 bits per heavy atom. The van der Waals surface area contributed by atoms with Gasteiger partial charge in [-0.3, -0.25) is 14.5 Å². The molecule has 1 saturated heterocycles. The summed E-state index contributed by atoms with van der Waals surface area (Å²) in [4.78, 5) is 11.8. The molecule has 1 N–H and O–H groups in total. The second kappa shape index (κ2) is 6.59. The number of hydrogen-bond donors (Lipinski definition) is 1. The normalized spacial score (nSPS) is 19.1. The van der Waals surface area contributed by atoms with E-state index < -0.39 is 0 Å². The highest BCUT2D eigenvalue weighted by atomic mass is 15.4. The number of aromatic nitrogens is 4. The molecule has 0 radical (unpaired) electrons. The summed E-state index contributed by atoms with van der Waals surface area (Å²) < 4.78 is 2.17. The van der Waals surface area contributed by atoms with E-state index in [1.165, 1.54) is 0 Å². The first-order valence-corrected chi connectivity index (χ1v) is 9.33. The fraction of sp³-hybridized carbons (Fsp3) is 0.300. The number of para-hydroxylation sites is 1. The molecule has 27 heavy (non-hydrogen) atoms. The van der Waals surface area contributed by atoms with Gasteiger partial charge in [0.15, 0.2) is 5.82 Å². The van der Waals surface area contributed by atoms with E-state index in [0.29, 0.717) is 0 Å². The number of benzene rings is 1. The van der Waals surface area contributed by atoms with Gasteiger partial charge < -0.3 is 10.2 Å². The van der Waals surface area contributed by atoms with Crippen molar-refractivity contribution < 1.29 is 0 Å². The zero-order chi connectivity index (χ0) is 18.2. The fourth-order valence-electron chi connectivity index (χ4n) is 3.76. The minimum Gasteiger partial charge on any atom is -0.338 e. The lowest BCUT2D eigenvalue weighted by Gasteiger charge is -2.28. The van der Waals surface area contributed by atoms with Crippen molar-refractivity contribution >= 4 is 11.7 Å². The summed E-state index contributed by atoms with van der Waals surface area (Å²) in [7, 11) is 0. The minimum atomic E-state index is -0.112. The highest BCUT2D eigenvalue weighted by molar-refractivity contribution is 6.14. The lowest BCUT2D eigenvalue weighted by molar-refractivity contribution is 0.576. The van der Waals surface area contributed by atoms with Crippen LogP contribution in [0.15, 0.2) is 53.7 Å². The molecule has 4 heterocycles. The fourth-order valence-corrected chi connectivity index (χ4v) is 3.76. The highest BCUT2D eigenvalue weighted by Gasteiger charge is 2.29. The molecule has 136 valence electrons. The maximum atomic E-state index is 4.99. The summed E-state index contributed by atoms with van der Waals surface area (Å²) in [5, 5.41) is 12.5. The van der Waals surface area contributed by atoms with Crippen molar-refractivity contribution in [2.75, 3.05) is 31.1 Å². The molecule has 7 nitrogen and oxygen atoms in total. The quantitative estimate of drug-likeness (QED) is 0.758. The number of fused-ring (bicyclic) bond motifs is 3. The molecule has 2 aliphatic rings. The molecule has 5 rings (SSSR count). The molecule has 1 aromatic carbocycles. The number of aliphatic imine (C=N–C) groups is 1. The van der Waals surface area contributed by atoms with Crippen LogP contribution >= 0.6 is 0 Å². The molecule has 3 aromatic rings. The first-order valence-electron chi connectivity index (χ1n) is 9.33. The van der Waals surface area contributed by atoms with Gasteiger partial charge in [0.2, 0.25) is 5.95 Å². The average molecular weight is 359 g/mol. The van der Waals surface area contributed by atoms with E-state index in [1.54, 1.807) is 0 Å². The van der Waals surface area contributed by atoms with Gasteiger partial charge in [0, 0.05) is 37.9 Å². The number of pyridine rings is 1. The van der Waals surface area contributed by atoms with Crippen LogP contribution in [0.2, 0.25) is 0 Å².